The molecule has 0 radical (unpaired) electrons. The molecule has 2 N–H and O–H groups in total. The van der Waals surface area contributed by atoms with Gasteiger partial charge in [-0.1, -0.05) is 12.1 Å². The van der Waals surface area contributed by atoms with E-state index in [4.69, 9.17) is 4.74 Å². The molecule has 7 nitrogen and oxygen atoms in total. The molecule has 0 spiro atoms. The number of hydrogen-bond acceptors (Lipinski definition) is 6. The van der Waals surface area contributed by atoms with Crippen molar-refractivity contribution in [2.45, 2.75) is 32.4 Å². The molecule has 0 fully saturated rings. The van der Waals surface area contributed by atoms with Gasteiger partial charge in [0.2, 0.25) is 0 Å². The summed E-state index contributed by atoms with van der Waals surface area (Å²) >= 11 is 0. The van der Waals surface area contributed by atoms with Gasteiger partial charge in [0.15, 0.2) is 0 Å². The maximum absolute atomic E-state index is 11.8. The fourth-order valence-electron chi connectivity index (χ4n) is 2.30. The lowest BCUT2D eigenvalue weighted by Gasteiger charge is -2.28. The number of benzene rings is 1. The van der Waals surface area contributed by atoms with Crippen LogP contribution < -0.4 is 15.6 Å². The number of carbonyl (C=O) groups excluding carboxylic acids is 1. The first-order chi connectivity index (χ1) is 10.8. The lowest BCUT2D eigenvalue weighted by molar-refractivity contribution is 0.0348. The molecule has 1 aliphatic rings. The highest BCUT2D eigenvalue weighted by Gasteiger charge is 2.25. The number of para-hydroxylation sites is 2. The number of nitrogens with one attached hydrogen (secondary N) is 2. The maximum Gasteiger partial charge on any atom is 0.427 e. The van der Waals surface area contributed by atoms with Crippen LogP contribution in [0.3, 0.4) is 0 Å². The number of amides is 1. The molecule has 23 heavy (non-hydrogen) atoms. The zero-order chi connectivity index (χ0) is 17.0. The van der Waals surface area contributed by atoms with Crippen LogP contribution in [0.2, 0.25) is 0 Å². The third kappa shape index (κ3) is 4.51. The molecule has 126 valence electrons. The van der Waals surface area contributed by atoms with E-state index in [0.717, 1.165) is 11.4 Å². The normalized spacial score (nSPS) is 17.1. The SMILES string of the molecule is CNc1ccccc1N(C)C1C=NN(NC(=O)OC(C)(C)C)C1. The highest BCUT2D eigenvalue weighted by Crippen LogP contribution is 2.26. The van der Waals surface area contributed by atoms with E-state index in [2.05, 4.69) is 20.7 Å². The van der Waals surface area contributed by atoms with Gasteiger partial charge in [0.25, 0.3) is 0 Å². The molecule has 0 saturated heterocycles. The van der Waals surface area contributed by atoms with Gasteiger partial charge in [0.05, 0.1) is 30.2 Å². The van der Waals surface area contributed by atoms with Gasteiger partial charge in [-0.25, -0.2) is 15.3 Å². The van der Waals surface area contributed by atoms with Crippen LogP contribution in [0.4, 0.5) is 16.2 Å². The second kappa shape index (κ2) is 6.76. The Morgan fingerprint density at radius 1 is 1.39 bits per heavy atom. The molecule has 1 aliphatic heterocycles. The first kappa shape index (κ1) is 16.9. The summed E-state index contributed by atoms with van der Waals surface area (Å²) in [5, 5.41) is 8.90. The Labute approximate surface area is 137 Å². The van der Waals surface area contributed by atoms with Crippen molar-refractivity contribution < 1.29 is 9.53 Å². The summed E-state index contributed by atoms with van der Waals surface area (Å²) in [5.74, 6) is 0. The molecular weight excluding hydrogens is 294 g/mol. The van der Waals surface area contributed by atoms with E-state index in [9.17, 15) is 4.79 Å². The molecule has 7 heteroatoms. The standard InChI is InChI=1S/C16H25N5O2/c1-16(2,3)23-15(22)19-21-11-12(10-18-21)20(5)14-9-7-6-8-13(14)17-4/h6-10,12,17H,11H2,1-5H3,(H,19,22). The number of anilines is 2. The van der Waals surface area contributed by atoms with Crippen LogP contribution in [0.5, 0.6) is 0 Å². The molecular formula is C16H25N5O2. The van der Waals surface area contributed by atoms with Crippen LogP contribution in [-0.2, 0) is 4.74 Å². The van der Waals surface area contributed by atoms with Crippen LogP contribution >= 0.6 is 0 Å². The molecule has 1 unspecified atom stereocenters. The number of nitrogens with zero attached hydrogens (tertiary/aromatic N) is 3. The lowest BCUT2D eigenvalue weighted by Crippen LogP contribution is -2.45. The molecule has 0 aliphatic carbocycles. The highest BCUT2D eigenvalue weighted by atomic mass is 16.6. The molecule has 0 bridgehead atoms. The monoisotopic (exact) mass is 319 g/mol. The predicted octanol–water partition coefficient (Wildman–Crippen LogP) is 2.27. The Hall–Kier alpha value is -2.44. The first-order valence-electron chi connectivity index (χ1n) is 7.61. The molecule has 1 heterocycles. The minimum atomic E-state index is -0.532. The molecule has 1 amide bonds. The number of rotatable bonds is 4. The summed E-state index contributed by atoms with van der Waals surface area (Å²) in [5.41, 5.74) is 4.22. The van der Waals surface area contributed by atoms with Gasteiger partial charge in [-0.15, -0.1) is 0 Å². The van der Waals surface area contributed by atoms with E-state index >= 15 is 0 Å². The zero-order valence-corrected chi connectivity index (χ0v) is 14.3. The minimum Gasteiger partial charge on any atom is -0.443 e. The minimum absolute atomic E-state index is 0.0550. The lowest BCUT2D eigenvalue weighted by atomic mass is 10.2. The highest BCUT2D eigenvalue weighted by molar-refractivity contribution is 5.78. The van der Waals surface area contributed by atoms with E-state index in [1.165, 1.54) is 5.12 Å². The van der Waals surface area contributed by atoms with Gasteiger partial charge >= 0.3 is 6.09 Å². The summed E-state index contributed by atoms with van der Waals surface area (Å²) in [6, 6.07) is 8.11. The second-order valence-electron chi connectivity index (χ2n) is 6.41. The summed E-state index contributed by atoms with van der Waals surface area (Å²) in [6.07, 6.45) is 1.30. The fourth-order valence-corrected chi connectivity index (χ4v) is 2.30. The van der Waals surface area contributed by atoms with Crippen LogP contribution in [0, 0.1) is 0 Å². The van der Waals surface area contributed by atoms with Crippen LogP contribution in [0.15, 0.2) is 29.4 Å². The first-order valence-corrected chi connectivity index (χ1v) is 7.61. The summed E-state index contributed by atoms with van der Waals surface area (Å²) < 4.78 is 5.23. The van der Waals surface area contributed by atoms with Crippen LogP contribution in [0.1, 0.15) is 20.8 Å². The average molecular weight is 319 g/mol. The fraction of sp³-hybridized carbons (Fsp3) is 0.500. The van der Waals surface area contributed by atoms with E-state index in [0.29, 0.717) is 6.54 Å². The largest absolute Gasteiger partial charge is 0.443 e. The Morgan fingerprint density at radius 2 is 2.09 bits per heavy atom. The third-order valence-electron chi connectivity index (χ3n) is 3.41. The zero-order valence-electron chi connectivity index (χ0n) is 14.3. The van der Waals surface area contributed by atoms with Gasteiger partial charge in [0, 0.05) is 14.1 Å². The van der Waals surface area contributed by atoms with E-state index in [1.807, 2.05) is 65.3 Å². The van der Waals surface area contributed by atoms with Crippen molar-refractivity contribution in [1.29, 1.82) is 0 Å². The molecule has 1 aromatic carbocycles. The third-order valence-corrected chi connectivity index (χ3v) is 3.41. The number of ether oxygens (including phenoxy) is 1. The maximum atomic E-state index is 11.8. The van der Waals surface area contributed by atoms with Gasteiger partial charge in [-0.05, 0) is 32.9 Å². The summed E-state index contributed by atoms with van der Waals surface area (Å²) in [7, 11) is 3.90. The molecule has 2 rings (SSSR count). The van der Waals surface area contributed by atoms with Crippen LogP contribution in [-0.4, -0.2) is 49.7 Å². The summed E-state index contributed by atoms with van der Waals surface area (Å²) in [4.78, 5) is 13.9. The Bertz CT molecular complexity index is 582. The van der Waals surface area contributed by atoms with Gasteiger partial charge < -0.3 is 15.0 Å². The number of hydrazone groups is 1. The van der Waals surface area contributed by atoms with Crippen molar-refractivity contribution in [3.05, 3.63) is 24.3 Å². The van der Waals surface area contributed by atoms with Crippen molar-refractivity contribution in [2.24, 2.45) is 5.10 Å². The summed E-state index contributed by atoms with van der Waals surface area (Å²) in [6.45, 7) is 6.02. The molecule has 0 aromatic heterocycles. The van der Waals surface area contributed by atoms with Gasteiger partial charge in [-0.2, -0.15) is 5.10 Å². The van der Waals surface area contributed by atoms with Gasteiger partial charge in [0.1, 0.15) is 5.60 Å². The Balaban J connectivity index is 1.95. The molecule has 0 saturated carbocycles. The van der Waals surface area contributed by atoms with Gasteiger partial charge in [-0.3, -0.25) is 0 Å². The van der Waals surface area contributed by atoms with Crippen molar-refractivity contribution in [2.75, 3.05) is 30.9 Å². The number of hydrazine groups is 1. The van der Waals surface area contributed by atoms with E-state index < -0.39 is 11.7 Å². The second-order valence-corrected chi connectivity index (χ2v) is 6.41. The predicted molar refractivity (Wildman–Crippen MR) is 92.7 cm³/mol. The Kier molecular flexibility index (Phi) is 4.98. The van der Waals surface area contributed by atoms with Crippen molar-refractivity contribution >= 4 is 23.7 Å². The quantitative estimate of drug-likeness (QED) is 0.891. The number of carbonyl (C=O) groups is 1. The number of hydrogen-bond donors (Lipinski definition) is 2. The van der Waals surface area contributed by atoms with Crippen molar-refractivity contribution in [1.82, 2.24) is 10.5 Å². The number of likely N-dealkylation sites (N-methyl/N-ethyl adjacent to an activating group) is 1. The Morgan fingerprint density at radius 3 is 2.74 bits per heavy atom. The average Bonchev–Trinajstić information content (AvgIpc) is 2.92. The van der Waals surface area contributed by atoms with Crippen LogP contribution in [0.25, 0.3) is 0 Å². The van der Waals surface area contributed by atoms with E-state index in [-0.39, 0.29) is 6.04 Å². The van der Waals surface area contributed by atoms with E-state index in [1.54, 1.807) is 0 Å². The van der Waals surface area contributed by atoms with Crippen molar-refractivity contribution in [3.8, 4) is 0 Å². The topological polar surface area (TPSA) is 69.2 Å². The van der Waals surface area contributed by atoms with Crippen molar-refractivity contribution in [3.63, 3.8) is 0 Å². The molecule has 1 aromatic rings. The smallest absolute Gasteiger partial charge is 0.427 e. The molecule has 1 atom stereocenters.